The van der Waals surface area contributed by atoms with E-state index in [-0.39, 0.29) is 0 Å². The molecule has 102 valence electrons. The van der Waals surface area contributed by atoms with Gasteiger partial charge in [-0.25, -0.2) is 0 Å². The maximum atomic E-state index is 9.19. The molecular weight excluding hydrogens is 248 g/mol. The Balaban J connectivity index is 2.11. The van der Waals surface area contributed by atoms with E-state index in [1.54, 1.807) is 12.4 Å². The Morgan fingerprint density at radius 3 is 2.40 bits per heavy atom. The third-order valence-corrected chi connectivity index (χ3v) is 3.93. The van der Waals surface area contributed by atoms with Crippen LogP contribution in [0.4, 0.5) is 5.69 Å². The Labute approximate surface area is 119 Å². The number of rotatable bonds is 1. The van der Waals surface area contributed by atoms with Gasteiger partial charge in [0.05, 0.1) is 11.3 Å². The molecule has 1 saturated heterocycles. The molecule has 20 heavy (non-hydrogen) atoms. The second-order valence-electron chi connectivity index (χ2n) is 5.85. The van der Waals surface area contributed by atoms with E-state index in [1.807, 2.05) is 12.1 Å². The van der Waals surface area contributed by atoms with E-state index in [1.165, 1.54) is 6.42 Å². The summed E-state index contributed by atoms with van der Waals surface area (Å²) in [7, 11) is 0. The molecule has 0 bridgehead atoms. The Bertz CT molecular complexity index is 664. The van der Waals surface area contributed by atoms with Crippen molar-refractivity contribution in [2.24, 2.45) is 11.8 Å². The van der Waals surface area contributed by atoms with Gasteiger partial charge in [0.25, 0.3) is 0 Å². The Kier molecular flexibility index (Phi) is 3.27. The first-order valence-corrected chi connectivity index (χ1v) is 7.07. The minimum absolute atomic E-state index is 0.593. The maximum absolute atomic E-state index is 9.19. The molecule has 0 radical (unpaired) electrons. The normalized spacial score (nSPS) is 22.8. The topological polar surface area (TPSA) is 52.8 Å². The van der Waals surface area contributed by atoms with E-state index < -0.39 is 0 Å². The number of anilines is 1. The molecule has 0 N–H and O–H groups in total. The minimum atomic E-state index is 0.593. The van der Waals surface area contributed by atoms with Gasteiger partial charge in [-0.15, -0.1) is 0 Å². The van der Waals surface area contributed by atoms with Crippen molar-refractivity contribution < 1.29 is 0 Å². The molecule has 2 heterocycles. The fourth-order valence-electron chi connectivity index (χ4n) is 3.25. The van der Waals surface area contributed by atoms with E-state index in [2.05, 4.69) is 34.8 Å². The Hall–Kier alpha value is -2.15. The molecule has 1 aliphatic rings. The van der Waals surface area contributed by atoms with Crippen molar-refractivity contribution in [1.29, 1.82) is 5.26 Å². The van der Waals surface area contributed by atoms with Gasteiger partial charge in [-0.1, -0.05) is 13.8 Å². The molecule has 1 fully saturated rings. The van der Waals surface area contributed by atoms with E-state index in [0.717, 1.165) is 24.3 Å². The second-order valence-corrected chi connectivity index (χ2v) is 5.85. The highest BCUT2D eigenvalue weighted by Gasteiger charge is 2.24. The molecule has 2 atom stereocenters. The van der Waals surface area contributed by atoms with Crippen LogP contribution in [0.25, 0.3) is 11.0 Å². The quantitative estimate of drug-likeness (QED) is 0.796. The van der Waals surface area contributed by atoms with Gasteiger partial charge < -0.3 is 4.90 Å². The van der Waals surface area contributed by atoms with Crippen molar-refractivity contribution in [3.8, 4) is 6.07 Å². The summed E-state index contributed by atoms with van der Waals surface area (Å²) in [6.45, 7) is 6.67. The van der Waals surface area contributed by atoms with Crippen LogP contribution in [0, 0.1) is 23.2 Å². The molecule has 0 spiro atoms. The predicted molar refractivity (Wildman–Crippen MR) is 79.4 cm³/mol. The summed E-state index contributed by atoms with van der Waals surface area (Å²) in [5.41, 5.74) is 3.24. The summed E-state index contributed by atoms with van der Waals surface area (Å²) < 4.78 is 0. The van der Waals surface area contributed by atoms with Crippen molar-refractivity contribution in [2.45, 2.75) is 20.3 Å². The van der Waals surface area contributed by atoms with Crippen LogP contribution in [0.1, 0.15) is 25.8 Å². The van der Waals surface area contributed by atoms with E-state index >= 15 is 0 Å². The predicted octanol–water partition coefficient (Wildman–Crippen LogP) is 2.98. The summed E-state index contributed by atoms with van der Waals surface area (Å²) >= 11 is 0. The molecule has 0 amide bonds. The molecule has 4 nitrogen and oxygen atoms in total. The number of benzene rings is 1. The van der Waals surface area contributed by atoms with Crippen LogP contribution in [0.5, 0.6) is 0 Å². The van der Waals surface area contributed by atoms with Gasteiger partial charge in [0, 0.05) is 25.5 Å². The molecule has 1 aromatic heterocycles. The molecule has 3 rings (SSSR count). The van der Waals surface area contributed by atoms with Gasteiger partial charge in [0.1, 0.15) is 17.1 Å². The van der Waals surface area contributed by atoms with Gasteiger partial charge >= 0.3 is 0 Å². The third kappa shape index (κ3) is 2.20. The summed E-state index contributed by atoms with van der Waals surface area (Å²) in [6.07, 6.45) is 4.62. The molecule has 1 aromatic carbocycles. The third-order valence-electron chi connectivity index (χ3n) is 3.93. The minimum Gasteiger partial charge on any atom is -0.369 e. The van der Waals surface area contributed by atoms with Crippen molar-refractivity contribution in [2.75, 3.05) is 18.0 Å². The zero-order valence-corrected chi connectivity index (χ0v) is 11.9. The van der Waals surface area contributed by atoms with Crippen molar-refractivity contribution in [3.05, 3.63) is 30.1 Å². The van der Waals surface area contributed by atoms with Crippen LogP contribution in [0.15, 0.2) is 24.5 Å². The van der Waals surface area contributed by atoms with Crippen LogP contribution in [0.3, 0.4) is 0 Å². The van der Waals surface area contributed by atoms with Gasteiger partial charge in [-0.3, -0.25) is 9.97 Å². The number of hydrogen-bond acceptors (Lipinski definition) is 4. The molecule has 4 heteroatoms. The lowest BCUT2D eigenvalue weighted by Gasteiger charge is -2.36. The highest BCUT2D eigenvalue weighted by Crippen LogP contribution is 2.31. The first-order chi connectivity index (χ1) is 9.69. The molecule has 2 aromatic rings. The van der Waals surface area contributed by atoms with Crippen LogP contribution in [-0.2, 0) is 0 Å². The van der Waals surface area contributed by atoms with Crippen LogP contribution >= 0.6 is 0 Å². The first-order valence-electron chi connectivity index (χ1n) is 7.07. The first kappa shape index (κ1) is 12.9. The fraction of sp³-hybridized carbons (Fsp3) is 0.438. The summed E-state index contributed by atoms with van der Waals surface area (Å²) in [6, 6.07) is 6.07. The largest absolute Gasteiger partial charge is 0.369 e. The highest BCUT2D eigenvalue weighted by molar-refractivity contribution is 5.91. The van der Waals surface area contributed by atoms with E-state index in [9.17, 15) is 5.26 Å². The Morgan fingerprint density at radius 1 is 1.10 bits per heavy atom. The fourth-order valence-corrected chi connectivity index (χ4v) is 3.25. The van der Waals surface area contributed by atoms with Crippen molar-refractivity contribution in [3.63, 3.8) is 0 Å². The lowest BCUT2D eigenvalue weighted by Crippen LogP contribution is -2.38. The number of hydrogen-bond donors (Lipinski definition) is 0. The Morgan fingerprint density at radius 2 is 1.75 bits per heavy atom. The smallest absolute Gasteiger partial charge is 0.113 e. The van der Waals surface area contributed by atoms with Crippen LogP contribution in [-0.4, -0.2) is 23.1 Å². The lowest BCUT2D eigenvalue weighted by atomic mass is 9.91. The SMILES string of the molecule is CC1CC(C)CN(c2ccc(C#N)c3nccnc23)C1. The average Bonchev–Trinajstić information content (AvgIpc) is 2.45. The highest BCUT2D eigenvalue weighted by atomic mass is 15.1. The maximum Gasteiger partial charge on any atom is 0.113 e. The van der Waals surface area contributed by atoms with Gasteiger partial charge in [-0.05, 0) is 30.4 Å². The molecular formula is C16H18N4. The molecule has 2 unspecified atom stereocenters. The number of fused-ring (bicyclic) bond motifs is 1. The average molecular weight is 266 g/mol. The standard InChI is InChI=1S/C16H18N4/c1-11-7-12(2)10-20(9-11)14-4-3-13(8-17)15-16(14)19-6-5-18-15/h3-6,11-12H,7,9-10H2,1-2H3. The number of piperidine rings is 1. The zero-order chi connectivity index (χ0) is 14.1. The van der Waals surface area contributed by atoms with Gasteiger partial charge in [0.2, 0.25) is 0 Å². The van der Waals surface area contributed by atoms with Gasteiger partial charge in [-0.2, -0.15) is 5.26 Å². The summed E-state index contributed by atoms with van der Waals surface area (Å²) in [5, 5.41) is 9.19. The van der Waals surface area contributed by atoms with Crippen molar-refractivity contribution >= 4 is 16.7 Å². The van der Waals surface area contributed by atoms with Crippen molar-refractivity contribution in [1.82, 2.24) is 9.97 Å². The van der Waals surface area contributed by atoms with Gasteiger partial charge in [0.15, 0.2) is 0 Å². The summed E-state index contributed by atoms with van der Waals surface area (Å²) in [5.74, 6) is 1.36. The van der Waals surface area contributed by atoms with Crippen LogP contribution < -0.4 is 4.90 Å². The molecule has 1 aliphatic heterocycles. The second kappa shape index (κ2) is 5.09. The monoisotopic (exact) mass is 266 g/mol. The summed E-state index contributed by atoms with van der Waals surface area (Å²) in [4.78, 5) is 11.2. The zero-order valence-electron chi connectivity index (χ0n) is 11.9. The number of nitrogens with zero attached hydrogens (tertiary/aromatic N) is 4. The number of nitriles is 1. The van der Waals surface area contributed by atoms with E-state index in [4.69, 9.17) is 0 Å². The van der Waals surface area contributed by atoms with E-state index in [0.29, 0.717) is 22.9 Å². The lowest BCUT2D eigenvalue weighted by molar-refractivity contribution is 0.357. The molecule has 0 saturated carbocycles. The number of aromatic nitrogens is 2. The molecule has 0 aliphatic carbocycles. The van der Waals surface area contributed by atoms with Crippen LogP contribution in [0.2, 0.25) is 0 Å².